The van der Waals surface area contributed by atoms with Crippen molar-refractivity contribution in [2.24, 2.45) is 0 Å². The molecular formula is C16H17. The fraction of sp³-hybridized carbons (Fsp3) is 0.250. The molecule has 0 amide bonds. The molecule has 81 valence electrons. The molecule has 0 heterocycles. The van der Waals surface area contributed by atoms with Crippen LogP contribution in [0.15, 0.2) is 48.5 Å². The van der Waals surface area contributed by atoms with Crippen molar-refractivity contribution in [3.8, 4) is 11.1 Å². The second-order valence-electron chi connectivity index (χ2n) is 5.11. The maximum atomic E-state index is 3.36. The summed E-state index contributed by atoms with van der Waals surface area (Å²) in [7, 11) is 0. The standard InChI is InChI=1S/C16H17/c1-16(2,3)15-11-9-14(10-12-15)13-7-5-4-6-8-13/h4-9,11-12H,1-3H3. The quantitative estimate of drug-likeness (QED) is 0.651. The fourth-order valence-corrected chi connectivity index (χ4v) is 1.69. The van der Waals surface area contributed by atoms with Crippen molar-refractivity contribution in [2.75, 3.05) is 0 Å². The third-order valence-corrected chi connectivity index (χ3v) is 2.76. The van der Waals surface area contributed by atoms with Gasteiger partial charge in [-0.05, 0) is 34.2 Å². The number of rotatable bonds is 1. The Labute approximate surface area is 97.9 Å². The normalized spacial score (nSPS) is 11.4. The fourth-order valence-electron chi connectivity index (χ4n) is 1.69. The average molecular weight is 209 g/mol. The summed E-state index contributed by atoms with van der Waals surface area (Å²) < 4.78 is 0. The van der Waals surface area contributed by atoms with Crippen molar-refractivity contribution < 1.29 is 0 Å². The summed E-state index contributed by atoms with van der Waals surface area (Å²) in [4.78, 5) is 0. The predicted molar refractivity (Wildman–Crippen MR) is 69.4 cm³/mol. The molecule has 0 unspecified atom stereocenters. The molecule has 2 aromatic carbocycles. The Bertz CT molecular complexity index is 444. The number of hydrogen-bond donors (Lipinski definition) is 0. The molecule has 2 aromatic rings. The summed E-state index contributed by atoms with van der Waals surface area (Å²) in [5.74, 6) is 0. The zero-order valence-corrected chi connectivity index (χ0v) is 10.1. The van der Waals surface area contributed by atoms with Crippen LogP contribution in [0.25, 0.3) is 11.1 Å². The Morgan fingerprint density at radius 3 is 2.06 bits per heavy atom. The molecule has 0 fully saturated rings. The first-order valence-electron chi connectivity index (χ1n) is 5.65. The molecule has 1 radical (unpaired) electrons. The molecule has 0 nitrogen and oxygen atoms in total. The van der Waals surface area contributed by atoms with E-state index in [1.165, 1.54) is 11.1 Å². The molecule has 0 spiro atoms. The van der Waals surface area contributed by atoms with Crippen LogP contribution >= 0.6 is 0 Å². The van der Waals surface area contributed by atoms with Gasteiger partial charge >= 0.3 is 0 Å². The molecule has 0 saturated carbocycles. The summed E-state index contributed by atoms with van der Waals surface area (Å²) in [6.07, 6.45) is 0. The van der Waals surface area contributed by atoms with Crippen molar-refractivity contribution in [2.45, 2.75) is 26.2 Å². The first kappa shape index (κ1) is 10.9. The van der Waals surface area contributed by atoms with Gasteiger partial charge in [0, 0.05) is 0 Å². The number of hydrogen-bond acceptors (Lipinski definition) is 0. The van der Waals surface area contributed by atoms with E-state index < -0.39 is 0 Å². The zero-order chi connectivity index (χ0) is 11.6. The minimum Gasteiger partial charge on any atom is -0.0622 e. The maximum Gasteiger partial charge on any atom is -0.00961 e. The zero-order valence-electron chi connectivity index (χ0n) is 10.1. The SMILES string of the molecule is CC(C)(C)c1c[c]c(-c2ccccc2)cc1. The topological polar surface area (TPSA) is 0 Å². The van der Waals surface area contributed by atoms with Gasteiger partial charge in [0.05, 0.1) is 0 Å². The van der Waals surface area contributed by atoms with E-state index in [2.05, 4.69) is 69.3 Å². The van der Waals surface area contributed by atoms with Crippen molar-refractivity contribution in [3.63, 3.8) is 0 Å². The highest BCUT2D eigenvalue weighted by Crippen LogP contribution is 2.25. The minimum absolute atomic E-state index is 0.200. The van der Waals surface area contributed by atoms with E-state index in [0.29, 0.717) is 0 Å². The second kappa shape index (κ2) is 4.13. The van der Waals surface area contributed by atoms with E-state index in [9.17, 15) is 0 Å². The first-order chi connectivity index (χ1) is 7.57. The molecule has 0 saturated heterocycles. The van der Waals surface area contributed by atoms with Crippen LogP contribution in [0.1, 0.15) is 26.3 Å². The van der Waals surface area contributed by atoms with E-state index in [1.807, 2.05) is 6.07 Å². The number of benzene rings is 2. The lowest BCUT2D eigenvalue weighted by molar-refractivity contribution is 0.590. The lowest BCUT2D eigenvalue weighted by atomic mass is 9.86. The molecule has 0 aliphatic rings. The lowest BCUT2D eigenvalue weighted by Gasteiger charge is -2.18. The van der Waals surface area contributed by atoms with Gasteiger partial charge in [0.15, 0.2) is 0 Å². The van der Waals surface area contributed by atoms with Gasteiger partial charge in [-0.15, -0.1) is 0 Å². The highest BCUT2D eigenvalue weighted by atomic mass is 14.2. The first-order valence-corrected chi connectivity index (χ1v) is 5.65. The van der Waals surface area contributed by atoms with E-state index >= 15 is 0 Å². The van der Waals surface area contributed by atoms with Crippen LogP contribution in [-0.2, 0) is 5.41 Å². The largest absolute Gasteiger partial charge is 0.0622 e. The smallest absolute Gasteiger partial charge is 0.00961 e. The third-order valence-electron chi connectivity index (χ3n) is 2.76. The van der Waals surface area contributed by atoms with Gasteiger partial charge in [0.1, 0.15) is 0 Å². The minimum atomic E-state index is 0.200. The molecule has 0 bridgehead atoms. The van der Waals surface area contributed by atoms with E-state index in [4.69, 9.17) is 0 Å². The summed E-state index contributed by atoms with van der Waals surface area (Å²) in [6, 6.07) is 20.2. The van der Waals surface area contributed by atoms with E-state index in [1.54, 1.807) is 0 Å². The van der Waals surface area contributed by atoms with Crippen LogP contribution in [-0.4, -0.2) is 0 Å². The molecule has 0 heteroatoms. The lowest BCUT2D eigenvalue weighted by Crippen LogP contribution is -2.10. The predicted octanol–water partition coefficient (Wildman–Crippen LogP) is 4.45. The van der Waals surface area contributed by atoms with Gasteiger partial charge in [-0.25, -0.2) is 0 Å². The van der Waals surface area contributed by atoms with Crippen molar-refractivity contribution >= 4 is 0 Å². The summed E-state index contributed by atoms with van der Waals surface area (Å²) in [5.41, 5.74) is 3.91. The van der Waals surface area contributed by atoms with Gasteiger partial charge in [0.2, 0.25) is 0 Å². The molecule has 16 heavy (non-hydrogen) atoms. The van der Waals surface area contributed by atoms with Gasteiger partial charge in [-0.2, -0.15) is 0 Å². The highest BCUT2D eigenvalue weighted by molar-refractivity contribution is 5.62. The van der Waals surface area contributed by atoms with Crippen molar-refractivity contribution in [1.82, 2.24) is 0 Å². The van der Waals surface area contributed by atoms with Gasteiger partial charge in [-0.3, -0.25) is 0 Å². The van der Waals surface area contributed by atoms with Crippen LogP contribution in [0.3, 0.4) is 0 Å². The van der Waals surface area contributed by atoms with Crippen molar-refractivity contribution in [3.05, 3.63) is 60.2 Å². The molecule has 0 atom stereocenters. The molecule has 2 rings (SSSR count). The molecule has 0 aromatic heterocycles. The summed E-state index contributed by atoms with van der Waals surface area (Å²) >= 11 is 0. The molecular weight excluding hydrogens is 192 g/mol. The Hall–Kier alpha value is -1.56. The van der Waals surface area contributed by atoms with E-state index in [0.717, 1.165) is 5.56 Å². The average Bonchev–Trinajstić information content (AvgIpc) is 2.29. The van der Waals surface area contributed by atoms with Crippen LogP contribution in [0, 0.1) is 6.07 Å². The Kier molecular flexibility index (Phi) is 2.82. The van der Waals surface area contributed by atoms with Crippen LogP contribution in [0.2, 0.25) is 0 Å². The van der Waals surface area contributed by atoms with Crippen LogP contribution in [0.4, 0.5) is 0 Å². The Morgan fingerprint density at radius 1 is 0.875 bits per heavy atom. The van der Waals surface area contributed by atoms with Gasteiger partial charge in [0.25, 0.3) is 0 Å². The molecule has 0 aliphatic heterocycles. The molecule has 0 N–H and O–H groups in total. The van der Waals surface area contributed by atoms with Crippen LogP contribution < -0.4 is 0 Å². The van der Waals surface area contributed by atoms with Crippen LogP contribution in [0.5, 0.6) is 0 Å². The van der Waals surface area contributed by atoms with Gasteiger partial charge in [-0.1, -0.05) is 63.2 Å². The Morgan fingerprint density at radius 2 is 1.56 bits per heavy atom. The monoisotopic (exact) mass is 209 g/mol. The maximum absolute atomic E-state index is 3.36. The second-order valence-corrected chi connectivity index (χ2v) is 5.11. The van der Waals surface area contributed by atoms with Gasteiger partial charge < -0.3 is 0 Å². The summed E-state index contributed by atoms with van der Waals surface area (Å²) in [5, 5.41) is 0. The van der Waals surface area contributed by atoms with E-state index in [-0.39, 0.29) is 5.41 Å². The highest BCUT2D eigenvalue weighted by Gasteiger charge is 2.12. The third kappa shape index (κ3) is 2.33. The Balaban J connectivity index is 2.34. The van der Waals surface area contributed by atoms with Crippen molar-refractivity contribution in [1.29, 1.82) is 0 Å². The summed E-state index contributed by atoms with van der Waals surface area (Å²) in [6.45, 7) is 6.66. The molecule has 0 aliphatic carbocycles.